The summed E-state index contributed by atoms with van der Waals surface area (Å²) in [6.45, 7) is 3.35. The van der Waals surface area contributed by atoms with Crippen molar-refractivity contribution in [1.82, 2.24) is 5.32 Å². The average Bonchev–Trinajstić information content (AvgIpc) is 2.56. The first-order valence-corrected chi connectivity index (χ1v) is 9.08. The molecule has 5 rings (SSSR count). The predicted octanol–water partition coefficient (Wildman–Crippen LogP) is 3.64. The van der Waals surface area contributed by atoms with E-state index in [4.69, 9.17) is 4.74 Å². The molecule has 4 bridgehead atoms. The fourth-order valence-corrected chi connectivity index (χ4v) is 5.56. The Labute approximate surface area is 138 Å². The highest BCUT2D eigenvalue weighted by Gasteiger charge is 2.54. The molecule has 0 spiro atoms. The van der Waals surface area contributed by atoms with Gasteiger partial charge in [-0.05, 0) is 73.3 Å². The summed E-state index contributed by atoms with van der Waals surface area (Å²) in [5, 5.41) is 3.16. The molecule has 23 heavy (non-hydrogen) atoms. The zero-order valence-electron chi connectivity index (χ0n) is 14.0. The fraction of sp³-hybridized carbons (Fsp3) is 0.650. The second-order valence-electron chi connectivity index (χ2n) is 8.19. The topological polar surface area (TPSA) is 38.3 Å². The lowest BCUT2D eigenvalue weighted by molar-refractivity contribution is -0.127. The molecule has 3 nitrogen and oxygen atoms in total. The monoisotopic (exact) mass is 313 g/mol. The van der Waals surface area contributed by atoms with Crippen LogP contribution in [0.3, 0.4) is 0 Å². The molecule has 124 valence electrons. The smallest absolute Gasteiger partial charge is 0.257 e. The molecule has 0 aromatic heterocycles. The highest BCUT2D eigenvalue weighted by Crippen LogP contribution is 2.61. The predicted molar refractivity (Wildman–Crippen MR) is 90.1 cm³/mol. The van der Waals surface area contributed by atoms with Gasteiger partial charge in [-0.15, -0.1) is 0 Å². The number of nitrogens with one attached hydrogen (secondary N) is 1. The van der Waals surface area contributed by atoms with E-state index in [1.54, 1.807) is 0 Å². The standard InChI is InChI=1S/C20H27NO2/c1-20(16-8-14-7-15(10-16)11-17(20)9-14)13-21-19(22)12-23-18-5-3-2-4-6-18/h2-6,14-17H,7-13H2,1H3,(H,21,22). The normalized spacial score (nSPS) is 37.6. The minimum absolute atomic E-state index is 0.00360. The van der Waals surface area contributed by atoms with Gasteiger partial charge in [0.1, 0.15) is 5.75 Å². The second-order valence-corrected chi connectivity index (χ2v) is 8.19. The molecule has 0 aliphatic heterocycles. The first-order valence-electron chi connectivity index (χ1n) is 9.08. The van der Waals surface area contributed by atoms with Gasteiger partial charge < -0.3 is 10.1 Å². The number of rotatable bonds is 5. The van der Waals surface area contributed by atoms with Gasteiger partial charge in [0.2, 0.25) is 0 Å². The van der Waals surface area contributed by atoms with Gasteiger partial charge in [-0.3, -0.25) is 4.79 Å². The first-order chi connectivity index (χ1) is 11.1. The zero-order chi connectivity index (χ0) is 15.9. The van der Waals surface area contributed by atoms with E-state index in [9.17, 15) is 4.79 Å². The Morgan fingerprint density at radius 3 is 2.30 bits per heavy atom. The third-order valence-electron chi connectivity index (χ3n) is 6.78. The third-order valence-corrected chi connectivity index (χ3v) is 6.78. The van der Waals surface area contributed by atoms with E-state index >= 15 is 0 Å². The van der Waals surface area contributed by atoms with E-state index in [2.05, 4.69) is 12.2 Å². The van der Waals surface area contributed by atoms with E-state index in [0.717, 1.165) is 36.0 Å². The maximum atomic E-state index is 12.2. The minimum atomic E-state index is 0.00360. The molecule has 4 aliphatic carbocycles. The molecule has 1 N–H and O–H groups in total. The van der Waals surface area contributed by atoms with Crippen molar-refractivity contribution in [3.8, 4) is 5.75 Å². The lowest BCUT2D eigenvalue weighted by Gasteiger charge is -2.60. The van der Waals surface area contributed by atoms with Crippen molar-refractivity contribution in [2.24, 2.45) is 29.1 Å². The van der Waals surface area contributed by atoms with Gasteiger partial charge in [0.15, 0.2) is 6.61 Å². The van der Waals surface area contributed by atoms with Gasteiger partial charge in [0.25, 0.3) is 5.91 Å². The molecule has 1 aromatic rings. The van der Waals surface area contributed by atoms with Crippen molar-refractivity contribution in [2.75, 3.05) is 13.2 Å². The lowest BCUT2D eigenvalue weighted by Crippen LogP contribution is -2.56. The van der Waals surface area contributed by atoms with E-state index in [-0.39, 0.29) is 12.5 Å². The Kier molecular flexibility index (Phi) is 3.82. The van der Waals surface area contributed by atoms with Crippen molar-refractivity contribution in [2.45, 2.75) is 39.0 Å². The summed E-state index contributed by atoms with van der Waals surface area (Å²) >= 11 is 0. The average molecular weight is 313 g/mol. The highest BCUT2D eigenvalue weighted by atomic mass is 16.5. The number of carbonyl (C=O) groups is 1. The molecule has 4 aliphatic rings. The Balaban J connectivity index is 1.31. The number of carbonyl (C=O) groups excluding carboxylic acids is 1. The van der Waals surface area contributed by atoms with Gasteiger partial charge in [0.05, 0.1) is 0 Å². The van der Waals surface area contributed by atoms with E-state index in [1.807, 2.05) is 30.3 Å². The van der Waals surface area contributed by atoms with E-state index in [1.165, 1.54) is 32.1 Å². The molecule has 4 fully saturated rings. The van der Waals surface area contributed by atoms with Gasteiger partial charge in [0, 0.05) is 6.54 Å². The van der Waals surface area contributed by atoms with Crippen LogP contribution in [-0.4, -0.2) is 19.1 Å². The van der Waals surface area contributed by atoms with Crippen LogP contribution < -0.4 is 10.1 Å². The van der Waals surface area contributed by atoms with Crippen molar-refractivity contribution in [1.29, 1.82) is 0 Å². The number of para-hydroxylation sites is 1. The molecule has 1 amide bonds. The lowest BCUT2D eigenvalue weighted by atomic mass is 9.46. The van der Waals surface area contributed by atoms with Crippen molar-refractivity contribution < 1.29 is 9.53 Å². The second kappa shape index (κ2) is 5.85. The van der Waals surface area contributed by atoms with Crippen LogP contribution in [-0.2, 0) is 4.79 Å². The Morgan fingerprint density at radius 2 is 1.70 bits per heavy atom. The molecule has 4 saturated carbocycles. The van der Waals surface area contributed by atoms with Crippen molar-refractivity contribution in [3.63, 3.8) is 0 Å². The molecular formula is C20H27NO2. The van der Waals surface area contributed by atoms with Gasteiger partial charge in [-0.2, -0.15) is 0 Å². The third kappa shape index (κ3) is 2.86. The molecule has 0 heterocycles. The summed E-state index contributed by atoms with van der Waals surface area (Å²) < 4.78 is 5.55. The molecular weight excluding hydrogens is 286 g/mol. The maximum absolute atomic E-state index is 12.2. The first kappa shape index (κ1) is 15.0. The number of amides is 1. The van der Waals surface area contributed by atoms with Crippen molar-refractivity contribution in [3.05, 3.63) is 30.3 Å². The SMILES string of the molecule is CC1(CNC(=O)COc2ccccc2)C2CC3CC(C2)CC1C3. The van der Waals surface area contributed by atoms with Gasteiger partial charge in [-0.25, -0.2) is 0 Å². The van der Waals surface area contributed by atoms with Crippen LogP contribution in [0.1, 0.15) is 39.0 Å². The molecule has 3 heteroatoms. The van der Waals surface area contributed by atoms with E-state index in [0.29, 0.717) is 5.41 Å². The van der Waals surface area contributed by atoms with Crippen LogP contribution in [0.5, 0.6) is 5.75 Å². The number of hydrogen-bond acceptors (Lipinski definition) is 2. The summed E-state index contributed by atoms with van der Waals surface area (Å²) in [6.07, 6.45) is 7.03. The van der Waals surface area contributed by atoms with Crippen LogP contribution >= 0.6 is 0 Å². The maximum Gasteiger partial charge on any atom is 0.257 e. The number of hydrogen-bond donors (Lipinski definition) is 1. The van der Waals surface area contributed by atoms with Gasteiger partial charge in [-0.1, -0.05) is 25.1 Å². The number of ether oxygens (including phenoxy) is 1. The summed E-state index contributed by atoms with van der Waals surface area (Å²) in [4.78, 5) is 12.2. The quantitative estimate of drug-likeness (QED) is 0.901. The largest absolute Gasteiger partial charge is 0.484 e. The highest BCUT2D eigenvalue weighted by molar-refractivity contribution is 5.77. The van der Waals surface area contributed by atoms with Crippen LogP contribution in [0.2, 0.25) is 0 Å². The Morgan fingerprint density at radius 1 is 1.09 bits per heavy atom. The van der Waals surface area contributed by atoms with Crippen LogP contribution in [0, 0.1) is 29.1 Å². The molecule has 0 radical (unpaired) electrons. The molecule has 1 aromatic carbocycles. The molecule has 0 unspecified atom stereocenters. The number of benzene rings is 1. The van der Waals surface area contributed by atoms with Crippen molar-refractivity contribution >= 4 is 5.91 Å². The summed E-state index contributed by atoms with van der Waals surface area (Å²) in [5.74, 6) is 4.33. The van der Waals surface area contributed by atoms with Crippen LogP contribution in [0.25, 0.3) is 0 Å². The van der Waals surface area contributed by atoms with E-state index < -0.39 is 0 Å². The Bertz CT molecular complexity index is 540. The summed E-state index contributed by atoms with van der Waals surface area (Å²) in [7, 11) is 0. The molecule has 0 saturated heterocycles. The Hall–Kier alpha value is -1.51. The zero-order valence-corrected chi connectivity index (χ0v) is 14.0. The summed E-state index contributed by atoms with van der Waals surface area (Å²) in [5.41, 5.74) is 0.301. The van der Waals surface area contributed by atoms with Gasteiger partial charge >= 0.3 is 0 Å². The van der Waals surface area contributed by atoms with Crippen LogP contribution in [0.15, 0.2) is 30.3 Å². The fourth-order valence-electron chi connectivity index (χ4n) is 5.56. The summed E-state index contributed by atoms with van der Waals surface area (Å²) in [6, 6.07) is 9.55. The van der Waals surface area contributed by atoms with Crippen LogP contribution in [0.4, 0.5) is 0 Å². The molecule has 0 atom stereocenters. The minimum Gasteiger partial charge on any atom is -0.484 e.